The van der Waals surface area contributed by atoms with Crippen molar-refractivity contribution < 1.29 is 59.1 Å². The Hall–Kier alpha value is 2.31. The summed E-state index contributed by atoms with van der Waals surface area (Å²) in [6.07, 6.45) is 0. The van der Waals surface area contributed by atoms with Crippen LogP contribution in [0.2, 0.25) is 0 Å². The van der Waals surface area contributed by atoms with E-state index in [0.29, 0.717) is 0 Å². The molecule has 3 N–H and O–H groups in total. The van der Waals surface area contributed by atoms with Crippen molar-refractivity contribution in [2.24, 2.45) is 0 Å². The standard InChI is InChI=1S/H3N.2Na.S/h1H3;;;/q;2*+1;-2. The minimum atomic E-state index is 0. The molecule has 0 aromatic rings. The van der Waals surface area contributed by atoms with Crippen molar-refractivity contribution in [1.29, 1.82) is 0 Å². The van der Waals surface area contributed by atoms with Crippen LogP contribution in [0.3, 0.4) is 0 Å². The molecule has 0 aliphatic rings. The molecule has 1 nitrogen and oxygen atoms in total. The van der Waals surface area contributed by atoms with E-state index in [1.807, 2.05) is 0 Å². The summed E-state index contributed by atoms with van der Waals surface area (Å²) in [5, 5.41) is 0. The summed E-state index contributed by atoms with van der Waals surface area (Å²) in [7, 11) is 0. The van der Waals surface area contributed by atoms with Crippen LogP contribution in [-0.2, 0) is 13.5 Å². The predicted molar refractivity (Wildman–Crippen MR) is 12.4 cm³/mol. The second-order valence-corrected chi connectivity index (χ2v) is 0. The van der Waals surface area contributed by atoms with E-state index in [0.717, 1.165) is 0 Å². The molecule has 0 rings (SSSR count). The first-order valence-corrected chi connectivity index (χ1v) is 0. The van der Waals surface area contributed by atoms with Gasteiger partial charge in [0.25, 0.3) is 0 Å². The third-order valence-corrected chi connectivity index (χ3v) is 0. The topological polar surface area (TPSA) is 35.0 Å². The molecule has 0 saturated heterocycles. The van der Waals surface area contributed by atoms with E-state index in [2.05, 4.69) is 0 Å². The van der Waals surface area contributed by atoms with Gasteiger partial charge in [0.05, 0.1) is 0 Å². The molecule has 0 unspecified atom stereocenters. The Kier molecular flexibility index (Phi) is 154. The molecule has 0 aliphatic carbocycles. The minimum absolute atomic E-state index is 0. The summed E-state index contributed by atoms with van der Waals surface area (Å²) in [6, 6.07) is 0. The zero-order valence-corrected chi connectivity index (χ0v) is 7.93. The van der Waals surface area contributed by atoms with Gasteiger partial charge in [-0.1, -0.05) is 0 Å². The zero-order chi connectivity index (χ0) is 0. The van der Waals surface area contributed by atoms with Gasteiger partial charge in [-0.15, -0.1) is 0 Å². The normalized spacial score (nSPS) is 0. The van der Waals surface area contributed by atoms with Crippen LogP contribution in [0.1, 0.15) is 0 Å². The van der Waals surface area contributed by atoms with Gasteiger partial charge in [0.2, 0.25) is 0 Å². The second kappa shape index (κ2) is 18.5. The molecule has 16 valence electrons. The van der Waals surface area contributed by atoms with Gasteiger partial charge in [-0.25, -0.2) is 0 Å². The van der Waals surface area contributed by atoms with E-state index in [4.69, 9.17) is 0 Å². The molecule has 0 fully saturated rings. The van der Waals surface area contributed by atoms with Crippen molar-refractivity contribution in [3.8, 4) is 0 Å². The maximum Gasteiger partial charge on any atom is 1.00 e. The zero-order valence-electron chi connectivity index (χ0n) is 3.12. The third kappa shape index (κ3) is 8.85. The Bertz CT molecular complexity index is 6.00. The molecule has 0 aromatic carbocycles. The molecule has 0 radical (unpaired) electrons. The summed E-state index contributed by atoms with van der Waals surface area (Å²) in [4.78, 5) is 0. The third-order valence-electron chi connectivity index (χ3n) is 0. The van der Waals surface area contributed by atoms with Crippen molar-refractivity contribution in [3.63, 3.8) is 0 Å². The fourth-order valence-electron chi connectivity index (χ4n) is 0. The van der Waals surface area contributed by atoms with Crippen LogP contribution in [-0.4, -0.2) is 0 Å². The van der Waals surface area contributed by atoms with Crippen LogP contribution in [0.15, 0.2) is 0 Å². The predicted octanol–water partition coefficient (Wildman–Crippen LogP) is -5.83. The Balaban J connectivity index is 0. The van der Waals surface area contributed by atoms with Crippen LogP contribution < -0.4 is 65.3 Å². The molecular weight excluding hydrogens is 92.1 g/mol. The molecule has 0 aromatic heterocycles. The molecule has 4 heavy (non-hydrogen) atoms. The molecular formula is H3NNa2S. The summed E-state index contributed by atoms with van der Waals surface area (Å²) in [5.41, 5.74) is 0. The average molecular weight is 95.1 g/mol. The van der Waals surface area contributed by atoms with Crippen molar-refractivity contribution in [3.05, 3.63) is 0 Å². The molecule has 0 amide bonds. The molecule has 0 atom stereocenters. The summed E-state index contributed by atoms with van der Waals surface area (Å²) in [5.74, 6) is 0. The van der Waals surface area contributed by atoms with Gasteiger partial charge in [-0.05, 0) is 0 Å². The van der Waals surface area contributed by atoms with Gasteiger partial charge in [0, 0.05) is 0 Å². The van der Waals surface area contributed by atoms with Gasteiger partial charge >= 0.3 is 59.1 Å². The summed E-state index contributed by atoms with van der Waals surface area (Å²) in [6.45, 7) is 0. The van der Waals surface area contributed by atoms with Crippen molar-refractivity contribution >= 4 is 13.5 Å². The van der Waals surface area contributed by atoms with E-state index in [1.165, 1.54) is 0 Å². The van der Waals surface area contributed by atoms with Crippen LogP contribution in [0.4, 0.5) is 0 Å². The van der Waals surface area contributed by atoms with Crippen LogP contribution in [0.5, 0.6) is 0 Å². The molecule has 0 spiro atoms. The van der Waals surface area contributed by atoms with E-state index in [9.17, 15) is 0 Å². The first-order chi connectivity index (χ1) is 0. The van der Waals surface area contributed by atoms with Crippen LogP contribution >= 0.6 is 0 Å². The largest absolute Gasteiger partial charge is 2.00 e. The van der Waals surface area contributed by atoms with Gasteiger partial charge in [-0.3, -0.25) is 0 Å². The Morgan fingerprint density at radius 3 is 0.750 bits per heavy atom. The van der Waals surface area contributed by atoms with Crippen LogP contribution in [0.25, 0.3) is 0 Å². The Morgan fingerprint density at radius 1 is 0.750 bits per heavy atom. The van der Waals surface area contributed by atoms with Crippen LogP contribution in [0, 0.1) is 0 Å². The minimum Gasteiger partial charge on any atom is -2.00 e. The molecule has 0 aliphatic heterocycles. The number of hydrogen-bond acceptors (Lipinski definition) is 1. The van der Waals surface area contributed by atoms with E-state index in [1.54, 1.807) is 0 Å². The maximum absolute atomic E-state index is 0. The maximum atomic E-state index is 0. The first-order valence-electron chi connectivity index (χ1n) is 0. The van der Waals surface area contributed by atoms with E-state index >= 15 is 0 Å². The molecule has 0 bridgehead atoms. The quantitative estimate of drug-likeness (QED) is 0.299. The van der Waals surface area contributed by atoms with E-state index in [-0.39, 0.29) is 78.8 Å². The summed E-state index contributed by atoms with van der Waals surface area (Å²) >= 11 is 0. The first kappa shape index (κ1) is 33.3. The molecule has 0 heterocycles. The number of rotatable bonds is 0. The van der Waals surface area contributed by atoms with Gasteiger partial charge in [-0.2, -0.15) is 0 Å². The van der Waals surface area contributed by atoms with Crippen molar-refractivity contribution in [2.75, 3.05) is 0 Å². The van der Waals surface area contributed by atoms with Crippen molar-refractivity contribution in [2.45, 2.75) is 0 Å². The monoisotopic (exact) mass is 95.0 g/mol. The molecule has 0 saturated carbocycles. The number of hydrogen-bond donors (Lipinski definition) is 1. The van der Waals surface area contributed by atoms with Gasteiger partial charge in [0.15, 0.2) is 0 Å². The van der Waals surface area contributed by atoms with E-state index < -0.39 is 0 Å². The average Bonchev–Trinajstić information content (AvgIpc) is 0. The fraction of sp³-hybridized carbons (Fsp3) is 0. The Morgan fingerprint density at radius 2 is 0.750 bits per heavy atom. The van der Waals surface area contributed by atoms with Gasteiger partial charge in [0.1, 0.15) is 0 Å². The summed E-state index contributed by atoms with van der Waals surface area (Å²) < 4.78 is 0. The smallest absolute Gasteiger partial charge is 1.00 e. The fourth-order valence-corrected chi connectivity index (χ4v) is 0. The van der Waals surface area contributed by atoms with Gasteiger partial charge < -0.3 is 19.6 Å². The SMILES string of the molecule is N.[Na+].[Na+].[S-2]. The molecule has 4 heteroatoms. The van der Waals surface area contributed by atoms with Crippen molar-refractivity contribution in [1.82, 2.24) is 6.15 Å². The second-order valence-electron chi connectivity index (χ2n) is 0. The Labute approximate surface area is 77.5 Å².